The number of piperidine rings is 1. The molecule has 1 aliphatic heterocycles. The third-order valence-electron chi connectivity index (χ3n) is 6.16. The van der Waals surface area contributed by atoms with Crippen LogP contribution in [0.2, 0.25) is 0 Å². The molecule has 0 saturated carbocycles. The molecule has 0 spiro atoms. The second-order valence-corrected chi connectivity index (χ2v) is 9.40. The van der Waals surface area contributed by atoms with Crippen molar-refractivity contribution in [3.8, 4) is 22.9 Å². The number of fused-ring (bicyclic) bond motifs is 1. The lowest BCUT2D eigenvalue weighted by Crippen LogP contribution is -2.44. The Kier molecular flexibility index (Phi) is 6.69. The van der Waals surface area contributed by atoms with E-state index >= 15 is 0 Å². The molecule has 1 saturated heterocycles. The summed E-state index contributed by atoms with van der Waals surface area (Å²) in [5.74, 6) is 0.992. The molecule has 0 unspecified atom stereocenters. The van der Waals surface area contributed by atoms with E-state index in [0.29, 0.717) is 51.8 Å². The minimum Gasteiger partial charge on any atom is -0.465 e. The van der Waals surface area contributed by atoms with Crippen LogP contribution >= 0.6 is 15.9 Å². The number of pyridine rings is 1. The topological polar surface area (TPSA) is 100 Å². The highest BCUT2D eigenvalue weighted by Crippen LogP contribution is 2.39. The van der Waals surface area contributed by atoms with Gasteiger partial charge in [-0.1, -0.05) is 12.1 Å². The van der Waals surface area contributed by atoms with Crippen molar-refractivity contribution in [3.05, 3.63) is 70.7 Å². The number of ether oxygens (including phenoxy) is 1. The zero-order valence-electron chi connectivity index (χ0n) is 19.4. The standard InChI is InChI=1S/C26H23BrFN5O3/c1-15-6-7-17-18(8-9-20(28)22(17)27)23(15)36-24-19(5-2-11-29-24)21-10-12-30-25(32-21)31-16-4-3-13-33(14-16)26(34)35/h2,5-12,16H,3-4,13-14H2,1H3,(H,34,35)(H,30,31,32)/t16-/m0/s1. The molecule has 1 atom stereocenters. The van der Waals surface area contributed by atoms with Gasteiger partial charge < -0.3 is 20.1 Å². The molecule has 0 radical (unpaired) electrons. The summed E-state index contributed by atoms with van der Waals surface area (Å²) in [5, 5.41) is 14.0. The molecule has 10 heteroatoms. The van der Waals surface area contributed by atoms with Crippen LogP contribution in [-0.2, 0) is 0 Å². The Balaban J connectivity index is 1.46. The van der Waals surface area contributed by atoms with Crippen LogP contribution in [0.3, 0.4) is 0 Å². The smallest absolute Gasteiger partial charge is 0.407 e. The van der Waals surface area contributed by atoms with Gasteiger partial charge in [-0.25, -0.2) is 24.1 Å². The Morgan fingerprint density at radius 3 is 2.83 bits per heavy atom. The van der Waals surface area contributed by atoms with Gasteiger partial charge in [0.15, 0.2) is 0 Å². The largest absolute Gasteiger partial charge is 0.465 e. The van der Waals surface area contributed by atoms with E-state index in [1.807, 2.05) is 25.1 Å². The lowest BCUT2D eigenvalue weighted by molar-refractivity contribution is 0.132. The first-order chi connectivity index (χ1) is 17.4. The quantitative estimate of drug-likeness (QED) is 0.302. The molecule has 0 aliphatic carbocycles. The number of benzene rings is 2. The molecule has 2 aromatic carbocycles. The molecule has 184 valence electrons. The summed E-state index contributed by atoms with van der Waals surface area (Å²) in [6.07, 6.45) is 3.95. The molecule has 2 N–H and O–H groups in total. The summed E-state index contributed by atoms with van der Waals surface area (Å²) < 4.78 is 20.8. The number of nitrogens with zero attached hydrogens (tertiary/aromatic N) is 4. The van der Waals surface area contributed by atoms with Crippen LogP contribution in [0.4, 0.5) is 15.1 Å². The van der Waals surface area contributed by atoms with Gasteiger partial charge in [-0.15, -0.1) is 0 Å². The molecule has 1 aliphatic rings. The van der Waals surface area contributed by atoms with Crippen molar-refractivity contribution >= 4 is 38.7 Å². The first-order valence-corrected chi connectivity index (χ1v) is 12.3. The third-order valence-corrected chi connectivity index (χ3v) is 6.97. The van der Waals surface area contributed by atoms with Gasteiger partial charge in [-0.05, 0) is 71.6 Å². The number of likely N-dealkylation sites (tertiary alicyclic amines) is 1. The van der Waals surface area contributed by atoms with Crippen molar-refractivity contribution in [2.75, 3.05) is 18.4 Å². The van der Waals surface area contributed by atoms with Crippen molar-refractivity contribution in [1.29, 1.82) is 0 Å². The molecule has 36 heavy (non-hydrogen) atoms. The van der Waals surface area contributed by atoms with E-state index in [9.17, 15) is 14.3 Å². The van der Waals surface area contributed by atoms with Crippen LogP contribution in [-0.4, -0.2) is 50.2 Å². The number of aromatic nitrogens is 3. The molecule has 1 fully saturated rings. The molecule has 5 rings (SSSR count). The Labute approximate surface area is 215 Å². The van der Waals surface area contributed by atoms with E-state index in [1.54, 1.807) is 30.6 Å². The average Bonchev–Trinajstić information content (AvgIpc) is 2.88. The summed E-state index contributed by atoms with van der Waals surface area (Å²) in [5.41, 5.74) is 2.14. The van der Waals surface area contributed by atoms with Gasteiger partial charge in [0.05, 0.1) is 15.7 Å². The second kappa shape index (κ2) is 10.1. The highest BCUT2D eigenvalue weighted by atomic mass is 79.9. The number of nitrogens with one attached hydrogen (secondary N) is 1. The number of carboxylic acid groups (broad SMARTS) is 1. The maximum atomic E-state index is 14.1. The summed E-state index contributed by atoms with van der Waals surface area (Å²) in [7, 11) is 0. The summed E-state index contributed by atoms with van der Waals surface area (Å²) in [6.45, 7) is 2.83. The third kappa shape index (κ3) is 4.81. The Morgan fingerprint density at radius 2 is 2.00 bits per heavy atom. The van der Waals surface area contributed by atoms with E-state index in [-0.39, 0.29) is 11.9 Å². The van der Waals surface area contributed by atoms with Gasteiger partial charge in [0.2, 0.25) is 11.8 Å². The van der Waals surface area contributed by atoms with Gasteiger partial charge in [0.25, 0.3) is 0 Å². The van der Waals surface area contributed by atoms with E-state index in [1.165, 1.54) is 11.0 Å². The number of aryl methyl sites for hydroxylation is 1. The number of hydrogen-bond acceptors (Lipinski definition) is 6. The fourth-order valence-electron chi connectivity index (χ4n) is 4.35. The molecule has 3 heterocycles. The first kappa shape index (κ1) is 23.9. The van der Waals surface area contributed by atoms with Gasteiger partial charge >= 0.3 is 6.09 Å². The lowest BCUT2D eigenvalue weighted by Gasteiger charge is -2.31. The van der Waals surface area contributed by atoms with Crippen LogP contribution in [0.1, 0.15) is 18.4 Å². The Bertz CT molecular complexity index is 1450. The monoisotopic (exact) mass is 551 g/mol. The van der Waals surface area contributed by atoms with E-state index in [2.05, 4.69) is 36.2 Å². The maximum Gasteiger partial charge on any atom is 0.407 e. The molecular formula is C26H23BrFN5O3. The highest BCUT2D eigenvalue weighted by Gasteiger charge is 2.24. The number of halogens is 2. The van der Waals surface area contributed by atoms with Crippen molar-refractivity contribution in [1.82, 2.24) is 19.9 Å². The first-order valence-electron chi connectivity index (χ1n) is 11.5. The fraction of sp³-hybridized carbons (Fsp3) is 0.231. The Morgan fingerprint density at radius 1 is 1.17 bits per heavy atom. The predicted molar refractivity (Wildman–Crippen MR) is 138 cm³/mol. The van der Waals surface area contributed by atoms with Crippen LogP contribution < -0.4 is 10.1 Å². The van der Waals surface area contributed by atoms with Gasteiger partial charge in [-0.2, -0.15) is 0 Å². The van der Waals surface area contributed by atoms with Crippen LogP contribution in [0.5, 0.6) is 11.6 Å². The normalized spacial score (nSPS) is 15.6. The summed E-state index contributed by atoms with van der Waals surface area (Å²) in [4.78, 5) is 26.2. The average molecular weight is 552 g/mol. The number of carbonyl (C=O) groups is 1. The molecular weight excluding hydrogens is 529 g/mol. The van der Waals surface area contributed by atoms with E-state index in [4.69, 9.17) is 4.74 Å². The van der Waals surface area contributed by atoms with E-state index in [0.717, 1.165) is 23.8 Å². The zero-order chi connectivity index (χ0) is 25.2. The molecule has 1 amide bonds. The minimum atomic E-state index is -0.924. The number of hydrogen-bond donors (Lipinski definition) is 2. The van der Waals surface area contributed by atoms with E-state index < -0.39 is 6.09 Å². The lowest BCUT2D eigenvalue weighted by atomic mass is 10.1. The fourth-order valence-corrected chi connectivity index (χ4v) is 4.83. The summed E-state index contributed by atoms with van der Waals surface area (Å²) in [6, 6.07) is 12.2. The number of rotatable bonds is 5. The van der Waals surface area contributed by atoms with Crippen LogP contribution in [0, 0.1) is 12.7 Å². The van der Waals surface area contributed by atoms with Crippen molar-refractivity contribution in [2.45, 2.75) is 25.8 Å². The SMILES string of the molecule is Cc1ccc2c(Br)c(F)ccc2c1Oc1ncccc1-c1ccnc(N[C@H]2CCCN(C(=O)O)C2)n1. The zero-order valence-corrected chi connectivity index (χ0v) is 21.0. The molecule has 8 nitrogen and oxygen atoms in total. The van der Waals surface area contributed by atoms with Gasteiger partial charge in [-0.3, -0.25) is 0 Å². The highest BCUT2D eigenvalue weighted by molar-refractivity contribution is 9.10. The van der Waals surface area contributed by atoms with Crippen LogP contribution in [0.15, 0.2) is 59.3 Å². The Hall–Kier alpha value is -3.79. The molecule has 4 aromatic rings. The van der Waals surface area contributed by atoms with Gasteiger partial charge in [0.1, 0.15) is 11.6 Å². The van der Waals surface area contributed by atoms with Crippen molar-refractivity contribution in [2.24, 2.45) is 0 Å². The number of anilines is 1. The van der Waals surface area contributed by atoms with Crippen LogP contribution in [0.25, 0.3) is 22.0 Å². The van der Waals surface area contributed by atoms with Crippen molar-refractivity contribution in [3.63, 3.8) is 0 Å². The predicted octanol–water partition coefficient (Wildman–Crippen LogP) is 6.25. The number of amides is 1. The second-order valence-electron chi connectivity index (χ2n) is 8.60. The van der Waals surface area contributed by atoms with Crippen molar-refractivity contribution < 1.29 is 19.0 Å². The maximum absolute atomic E-state index is 14.1. The van der Waals surface area contributed by atoms with Gasteiger partial charge in [0, 0.05) is 42.3 Å². The molecule has 2 aromatic heterocycles. The minimum absolute atomic E-state index is 0.0770. The molecule has 0 bridgehead atoms. The summed E-state index contributed by atoms with van der Waals surface area (Å²) >= 11 is 3.33.